The summed E-state index contributed by atoms with van der Waals surface area (Å²) in [5.74, 6) is -0.312. The van der Waals surface area contributed by atoms with Gasteiger partial charge in [-0.3, -0.25) is 14.9 Å². The lowest BCUT2D eigenvalue weighted by Crippen LogP contribution is -2.21. The molecule has 0 aliphatic rings. The molecule has 6 nitrogen and oxygen atoms in total. The molecule has 0 aliphatic heterocycles. The minimum absolute atomic E-state index is 0.249. The monoisotopic (exact) mass is 224 g/mol. The molecule has 0 spiro atoms. The van der Waals surface area contributed by atoms with E-state index in [9.17, 15) is 14.9 Å². The normalized spacial score (nSPS) is 10.6. The topological polar surface area (TPSA) is 85.4 Å². The molecule has 0 saturated carbocycles. The Morgan fingerprint density at radius 3 is 2.94 bits per heavy atom. The lowest BCUT2D eigenvalue weighted by atomic mass is 10.4. The molecule has 0 aromatic carbocycles. The van der Waals surface area contributed by atoms with Gasteiger partial charge in [-0.05, 0) is 18.6 Å². The first-order chi connectivity index (χ1) is 7.63. The van der Waals surface area contributed by atoms with Crippen molar-refractivity contribution in [3.63, 3.8) is 0 Å². The van der Waals surface area contributed by atoms with Gasteiger partial charge >= 0.3 is 5.88 Å². The van der Waals surface area contributed by atoms with Gasteiger partial charge in [-0.2, -0.15) is 0 Å². The van der Waals surface area contributed by atoms with Crippen LogP contribution in [-0.2, 0) is 4.79 Å². The Balaban J connectivity index is 2.55. The largest absolute Gasteiger partial charge is 0.433 e. The maximum absolute atomic E-state index is 11.1. The smallest absolute Gasteiger partial charge is 0.401 e. The molecule has 16 heavy (non-hydrogen) atoms. The van der Waals surface area contributed by atoms with E-state index >= 15 is 0 Å². The maximum atomic E-state index is 11.1. The number of rotatable bonds is 5. The van der Waals surface area contributed by atoms with Crippen LogP contribution in [0.1, 0.15) is 19.1 Å². The number of hydrogen-bond donors (Lipinski definition) is 1. The molecular formula is C10H12N2O4. The van der Waals surface area contributed by atoms with Gasteiger partial charge in [0.15, 0.2) is 0 Å². The number of hydrogen-bond acceptors (Lipinski definition) is 4. The van der Waals surface area contributed by atoms with Crippen molar-refractivity contribution >= 4 is 17.9 Å². The van der Waals surface area contributed by atoms with E-state index in [-0.39, 0.29) is 17.6 Å². The van der Waals surface area contributed by atoms with Gasteiger partial charge in [-0.25, -0.2) is 0 Å². The minimum Gasteiger partial charge on any atom is -0.401 e. The summed E-state index contributed by atoms with van der Waals surface area (Å²) in [6.45, 7) is 2.54. The van der Waals surface area contributed by atoms with Gasteiger partial charge in [0.25, 0.3) is 0 Å². The summed E-state index contributed by atoms with van der Waals surface area (Å²) in [5.41, 5.74) is 0. The Hall–Kier alpha value is -2.11. The molecule has 0 bridgehead atoms. The van der Waals surface area contributed by atoms with Gasteiger partial charge in [0.2, 0.25) is 5.91 Å². The summed E-state index contributed by atoms with van der Waals surface area (Å²) in [6, 6.07) is 2.67. The average molecular weight is 224 g/mol. The first kappa shape index (κ1) is 12.0. The van der Waals surface area contributed by atoms with Gasteiger partial charge in [-0.15, -0.1) is 0 Å². The Kier molecular flexibility index (Phi) is 4.26. The summed E-state index contributed by atoms with van der Waals surface area (Å²) in [5, 5.41) is 12.9. The van der Waals surface area contributed by atoms with Crippen LogP contribution in [0.25, 0.3) is 6.08 Å². The molecule has 1 aromatic heterocycles. The second-order valence-electron chi connectivity index (χ2n) is 3.06. The Labute approximate surface area is 92.1 Å². The van der Waals surface area contributed by atoms with Crippen LogP contribution in [0.2, 0.25) is 0 Å². The van der Waals surface area contributed by atoms with Crippen LogP contribution in [0.15, 0.2) is 22.6 Å². The van der Waals surface area contributed by atoms with Crippen molar-refractivity contribution in [2.75, 3.05) is 6.54 Å². The average Bonchev–Trinajstić information content (AvgIpc) is 2.72. The lowest BCUT2D eigenvalue weighted by molar-refractivity contribution is -0.402. The Morgan fingerprint density at radius 1 is 1.62 bits per heavy atom. The van der Waals surface area contributed by atoms with E-state index in [1.807, 2.05) is 6.92 Å². The zero-order valence-electron chi connectivity index (χ0n) is 8.80. The molecule has 1 rings (SSSR count). The van der Waals surface area contributed by atoms with Crippen molar-refractivity contribution in [1.29, 1.82) is 0 Å². The molecule has 1 amide bonds. The molecule has 86 valence electrons. The van der Waals surface area contributed by atoms with Crippen molar-refractivity contribution in [2.45, 2.75) is 13.3 Å². The molecule has 0 atom stereocenters. The molecule has 1 N–H and O–H groups in total. The lowest BCUT2D eigenvalue weighted by Gasteiger charge is -1.96. The number of carbonyl (C=O) groups is 1. The van der Waals surface area contributed by atoms with Crippen LogP contribution in [0, 0.1) is 10.1 Å². The summed E-state index contributed by atoms with van der Waals surface area (Å²) >= 11 is 0. The molecule has 0 aliphatic carbocycles. The number of amides is 1. The van der Waals surface area contributed by atoms with Crippen molar-refractivity contribution in [3.05, 3.63) is 34.1 Å². The maximum Gasteiger partial charge on any atom is 0.433 e. The van der Waals surface area contributed by atoms with Gasteiger partial charge < -0.3 is 9.73 Å². The quantitative estimate of drug-likeness (QED) is 0.468. The highest BCUT2D eigenvalue weighted by Crippen LogP contribution is 2.16. The van der Waals surface area contributed by atoms with Crippen LogP contribution in [0.4, 0.5) is 5.88 Å². The van der Waals surface area contributed by atoms with E-state index < -0.39 is 4.92 Å². The molecule has 6 heteroatoms. The Bertz CT molecular complexity index is 409. The van der Waals surface area contributed by atoms with E-state index in [2.05, 4.69) is 5.32 Å². The molecule has 1 heterocycles. The van der Waals surface area contributed by atoms with Crippen molar-refractivity contribution in [3.8, 4) is 0 Å². The predicted molar refractivity (Wildman–Crippen MR) is 57.7 cm³/mol. The van der Waals surface area contributed by atoms with E-state index in [0.29, 0.717) is 6.54 Å². The summed E-state index contributed by atoms with van der Waals surface area (Å²) in [6.07, 6.45) is 3.52. The fraction of sp³-hybridized carbons (Fsp3) is 0.300. The standard InChI is InChI=1S/C10H12N2O4/c1-2-7-11-9(13)5-3-8-4-6-10(16-8)12(14)15/h3-6H,2,7H2,1H3,(H,11,13). The molecule has 0 radical (unpaired) electrons. The molecule has 1 aromatic rings. The fourth-order valence-corrected chi connectivity index (χ4v) is 0.995. The fourth-order valence-electron chi connectivity index (χ4n) is 0.995. The molecule has 0 fully saturated rings. The van der Waals surface area contributed by atoms with E-state index in [4.69, 9.17) is 4.42 Å². The number of nitro groups is 1. The highest BCUT2D eigenvalue weighted by atomic mass is 16.6. The Morgan fingerprint density at radius 2 is 2.38 bits per heavy atom. The van der Waals surface area contributed by atoms with Crippen LogP contribution in [0.5, 0.6) is 0 Å². The number of furan rings is 1. The van der Waals surface area contributed by atoms with Crippen LogP contribution < -0.4 is 5.32 Å². The number of nitrogens with one attached hydrogen (secondary N) is 1. The second kappa shape index (κ2) is 5.69. The van der Waals surface area contributed by atoms with Crippen molar-refractivity contribution in [2.24, 2.45) is 0 Å². The van der Waals surface area contributed by atoms with Crippen LogP contribution in [-0.4, -0.2) is 17.4 Å². The third-order valence-electron chi connectivity index (χ3n) is 1.74. The number of nitrogens with zero attached hydrogens (tertiary/aromatic N) is 1. The van der Waals surface area contributed by atoms with E-state index in [1.54, 1.807) is 0 Å². The van der Waals surface area contributed by atoms with Crippen LogP contribution in [0.3, 0.4) is 0 Å². The summed E-state index contributed by atoms with van der Waals surface area (Å²) in [4.78, 5) is 20.8. The third-order valence-corrected chi connectivity index (χ3v) is 1.74. The summed E-state index contributed by atoms with van der Waals surface area (Å²) < 4.78 is 4.83. The highest BCUT2D eigenvalue weighted by molar-refractivity contribution is 5.91. The van der Waals surface area contributed by atoms with Gasteiger partial charge in [-0.1, -0.05) is 6.92 Å². The van der Waals surface area contributed by atoms with Crippen molar-refractivity contribution in [1.82, 2.24) is 5.32 Å². The zero-order valence-corrected chi connectivity index (χ0v) is 8.80. The highest BCUT2D eigenvalue weighted by Gasteiger charge is 2.09. The van der Waals surface area contributed by atoms with E-state index in [1.165, 1.54) is 24.3 Å². The predicted octanol–water partition coefficient (Wildman–Crippen LogP) is 1.73. The van der Waals surface area contributed by atoms with Gasteiger partial charge in [0.1, 0.15) is 10.7 Å². The molecule has 0 unspecified atom stereocenters. The minimum atomic E-state index is -0.630. The number of carbonyl (C=O) groups excluding carboxylic acids is 1. The zero-order chi connectivity index (χ0) is 12.0. The summed E-state index contributed by atoms with van der Waals surface area (Å²) in [7, 11) is 0. The van der Waals surface area contributed by atoms with Crippen molar-refractivity contribution < 1.29 is 14.1 Å². The first-order valence-corrected chi connectivity index (χ1v) is 4.83. The SMILES string of the molecule is CCCNC(=O)C=Cc1ccc([N+](=O)[O-])o1. The van der Waals surface area contributed by atoms with Gasteiger partial charge in [0.05, 0.1) is 6.07 Å². The van der Waals surface area contributed by atoms with Crippen LogP contribution >= 0.6 is 0 Å². The van der Waals surface area contributed by atoms with Gasteiger partial charge in [0, 0.05) is 12.6 Å². The second-order valence-corrected chi connectivity index (χ2v) is 3.06. The molecular weight excluding hydrogens is 212 g/mol. The van der Waals surface area contributed by atoms with E-state index in [0.717, 1.165) is 6.42 Å². The first-order valence-electron chi connectivity index (χ1n) is 4.83. The third kappa shape index (κ3) is 3.56. The molecule has 0 saturated heterocycles.